The van der Waals surface area contributed by atoms with Crippen LogP contribution in [0.25, 0.3) is 10.2 Å². The molecule has 1 aromatic carbocycles. The number of hydrogen-bond donors (Lipinski definition) is 0. The highest BCUT2D eigenvalue weighted by Crippen LogP contribution is 2.34. The normalized spacial score (nSPS) is 14.7. The first-order valence-corrected chi connectivity index (χ1v) is 12.3. The molecular weight excluding hydrogens is 444 g/mol. The average molecular weight is 473 g/mol. The Morgan fingerprint density at radius 3 is 2.56 bits per heavy atom. The molecule has 3 aromatic rings. The van der Waals surface area contributed by atoms with E-state index in [9.17, 15) is 4.79 Å². The van der Waals surface area contributed by atoms with Crippen molar-refractivity contribution in [2.45, 2.75) is 25.4 Å². The molecule has 0 N–H and O–H groups in total. The molecule has 7 nitrogen and oxygen atoms in total. The fraction of sp³-hybridized carbons (Fsp3) is 0.435. The van der Waals surface area contributed by atoms with Crippen LogP contribution < -0.4 is 9.47 Å². The smallest absolute Gasteiger partial charge is 0.233 e. The Hall–Kier alpha value is -2.36. The quantitative estimate of drug-likeness (QED) is 0.383. The molecule has 9 heteroatoms. The van der Waals surface area contributed by atoms with Crippen LogP contribution in [0.1, 0.15) is 16.0 Å². The number of thiophene rings is 1. The molecule has 0 saturated carbocycles. The lowest BCUT2D eigenvalue weighted by Crippen LogP contribution is -2.48. The third-order valence-electron chi connectivity index (χ3n) is 5.84. The summed E-state index contributed by atoms with van der Waals surface area (Å²) >= 11 is 3.20. The van der Waals surface area contributed by atoms with Gasteiger partial charge in [0.15, 0.2) is 11.5 Å². The molecule has 4 rings (SSSR count). The summed E-state index contributed by atoms with van der Waals surface area (Å²) in [7, 11) is 3.29. The van der Waals surface area contributed by atoms with Crippen molar-refractivity contribution in [2.24, 2.45) is 0 Å². The van der Waals surface area contributed by atoms with Crippen LogP contribution in [0.4, 0.5) is 0 Å². The van der Waals surface area contributed by atoms with E-state index in [1.807, 2.05) is 17.0 Å². The molecule has 0 unspecified atom stereocenters. The largest absolute Gasteiger partial charge is 0.493 e. The molecule has 0 aliphatic carbocycles. The van der Waals surface area contributed by atoms with E-state index in [0.29, 0.717) is 5.75 Å². The van der Waals surface area contributed by atoms with Crippen LogP contribution in [0.2, 0.25) is 0 Å². The van der Waals surface area contributed by atoms with Gasteiger partial charge in [0, 0.05) is 43.0 Å². The number of nitrogens with zero attached hydrogens (tertiary/aromatic N) is 4. The number of ether oxygens (including phenoxy) is 2. The molecule has 0 bridgehead atoms. The maximum atomic E-state index is 12.8. The Morgan fingerprint density at radius 2 is 1.84 bits per heavy atom. The fourth-order valence-corrected chi connectivity index (χ4v) is 5.89. The lowest BCUT2D eigenvalue weighted by Gasteiger charge is -2.34. The lowest BCUT2D eigenvalue weighted by molar-refractivity contribution is -0.130. The van der Waals surface area contributed by atoms with Crippen LogP contribution in [-0.2, 0) is 11.3 Å². The molecule has 0 spiro atoms. The number of carbonyl (C=O) groups excluding carboxylic acids is 1. The second kappa shape index (κ2) is 10.1. The highest BCUT2D eigenvalue weighted by atomic mass is 32.2. The van der Waals surface area contributed by atoms with Crippen LogP contribution in [0.5, 0.6) is 11.5 Å². The van der Waals surface area contributed by atoms with Gasteiger partial charge >= 0.3 is 0 Å². The van der Waals surface area contributed by atoms with Gasteiger partial charge in [-0.3, -0.25) is 9.69 Å². The van der Waals surface area contributed by atoms with Gasteiger partial charge in [-0.1, -0.05) is 17.8 Å². The molecule has 1 amide bonds. The third kappa shape index (κ3) is 4.84. The molecule has 170 valence electrons. The van der Waals surface area contributed by atoms with E-state index < -0.39 is 0 Å². The number of aromatic nitrogens is 2. The average Bonchev–Trinajstić information content (AvgIpc) is 3.11. The van der Waals surface area contributed by atoms with Gasteiger partial charge in [0.05, 0.1) is 20.0 Å². The van der Waals surface area contributed by atoms with Gasteiger partial charge in [-0.15, -0.1) is 11.3 Å². The first kappa shape index (κ1) is 22.8. The minimum Gasteiger partial charge on any atom is -0.493 e. The molecule has 1 aliphatic heterocycles. The molecule has 1 saturated heterocycles. The monoisotopic (exact) mass is 472 g/mol. The van der Waals surface area contributed by atoms with Crippen LogP contribution >= 0.6 is 23.1 Å². The highest BCUT2D eigenvalue weighted by Gasteiger charge is 2.22. The van der Waals surface area contributed by atoms with E-state index in [0.717, 1.165) is 59.5 Å². The maximum Gasteiger partial charge on any atom is 0.233 e. The van der Waals surface area contributed by atoms with Crippen molar-refractivity contribution in [3.05, 3.63) is 40.5 Å². The van der Waals surface area contributed by atoms with Crippen molar-refractivity contribution in [1.82, 2.24) is 19.8 Å². The van der Waals surface area contributed by atoms with Gasteiger partial charge < -0.3 is 14.4 Å². The highest BCUT2D eigenvalue weighted by molar-refractivity contribution is 8.00. The Balaban J connectivity index is 1.31. The van der Waals surface area contributed by atoms with E-state index in [-0.39, 0.29) is 5.91 Å². The number of amides is 1. The zero-order valence-electron chi connectivity index (χ0n) is 18.9. The maximum absolute atomic E-state index is 12.8. The standard InChI is InChI=1S/C23H28N4O3S2/c1-15-16(2)32-23-21(15)22(24-14-25-23)31-13-20(28)27-9-7-26(8-10-27)12-17-5-6-18(29-3)19(11-17)30-4/h5-6,11,14H,7-10,12-13H2,1-4H3. The van der Waals surface area contributed by atoms with Gasteiger partial charge in [-0.2, -0.15) is 0 Å². The van der Waals surface area contributed by atoms with E-state index in [1.54, 1.807) is 31.9 Å². The van der Waals surface area contributed by atoms with Crippen LogP contribution in [-0.4, -0.2) is 71.8 Å². The summed E-state index contributed by atoms with van der Waals surface area (Å²) in [6.07, 6.45) is 1.59. The number of aryl methyl sites for hydroxylation is 2. The van der Waals surface area contributed by atoms with Crippen molar-refractivity contribution in [3.8, 4) is 11.5 Å². The number of benzene rings is 1. The molecule has 3 heterocycles. The minimum absolute atomic E-state index is 0.164. The van der Waals surface area contributed by atoms with E-state index >= 15 is 0 Å². The number of rotatable bonds is 7. The van der Waals surface area contributed by atoms with Crippen molar-refractivity contribution in [3.63, 3.8) is 0 Å². The zero-order valence-corrected chi connectivity index (χ0v) is 20.5. The summed E-state index contributed by atoms with van der Waals surface area (Å²) in [6, 6.07) is 6.02. The summed E-state index contributed by atoms with van der Waals surface area (Å²) in [4.78, 5) is 28.2. The van der Waals surface area contributed by atoms with E-state index in [4.69, 9.17) is 9.47 Å². The summed E-state index contributed by atoms with van der Waals surface area (Å²) in [5, 5.41) is 1.99. The van der Waals surface area contributed by atoms with E-state index in [2.05, 4.69) is 34.8 Å². The number of methoxy groups -OCH3 is 2. The Labute approximate surface area is 196 Å². The SMILES string of the molecule is COc1ccc(CN2CCN(C(=O)CSc3ncnc4sc(C)c(C)c34)CC2)cc1OC. The summed E-state index contributed by atoms with van der Waals surface area (Å²) in [5.41, 5.74) is 2.39. The molecule has 0 atom stereocenters. The fourth-order valence-electron chi connectivity index (χ4n) is 3.87. The minimum atomic E-state index is 0.164. The summed E-state index contributed by atoms with van der Waals surface area (Å²) in [5.74, 6) is 2.04. The van der Waals surface area contributed by atoms with Gasteiger partial charge in [-0.05, 0) is 37.1 Å². The second-order valence-electron chi connectivity index (χ2n) is 7.78. The Morgan fingerprint density at radius 1 is 1.09 bits per heavy atom. The van der Waals surface area contributed by atoms with Gasteiger partial charge in [0.25, 0.3) is 0 Å². The zero-order chi connectivity index (χ0) is 22.7. The molecular formula is C23H28N4O3S2. The van der Waals surface area contributed by atoms with Crippen molar-refractivity contribution >= 4 is 39.2 Å². The van der Waals surface area contributed by atoms with Crippen molar-refractivity contribution in [2.75, 3.05) is 46.2 Å². The van der Waals surface area contributed by atoms with Crippen LogP contribution in [0, 0.1) is 13.8 Å². The number of carbonyl (C=O) groups is 1. The number of piperazine rings is 1. The van der Waals surface area contributed by atoms with Crippen molar-refractivity contribution < 1.29 is 14.3 Å². The van der Waals surface area contributed by atoms with Crippen LogP contribution in [0.3, 0.4) is 0 Å². The predicted molar refractivity (Wildman–Crippen MR) is 129 cm³/mol. The Kier molecular flexibility index (Phi) is 7.17. The molecule has 1 fully saturated rings. The molecule has 2 aromatic heterocycles. The second-order valence-corrected chi connectivity index (χ2v) is 9.94. The third-order valence-corrected chi connectivity index (χ3v) is 7.93. The van der Waals surface area contributed by atoms with Gasteiger partial charge in [-0.25, -0.2) is 9.97 Å². The van der Waals surface area contributed by atoms with E-state index in [1.165, 1.54) is 27.8 Å². The van der Waals surface area contributed by atoms with Gasteiger partial charge in [0.1, 0.15) is 16.2 Å². The van der Waals surface area contributed by atoms with Crippen LogP contribution in [0.15, 0.2) is 29.6 Å². The molecule has 0 radical (unpaired) electrons. The molecule has 32 heavy (non-hydrogen) atoms. The Bertz CT molecular complexity index is 1110. The predicted octanol–water partition coefficient (Wildman–Crippen LogP) is 3.76. The first-order chi connectivity index (χ1) is 15.5. The number of thioether (sulfide) groups is 1. The summed E-state index contributed by atoms with van der Waals surface area (Å²) < 4.78 is 10.7. The first-order valence-electron chi connectivity index (χ1n) is 10.5. The number of hydrogen-bond acceptors (Lipinski definition) is 8. The lowest BCUT2D eigenvalue weighted by atomic mass is 10.1. The topological polar surface area (TPSA) is 67.8 Å². The van der Waals surface area contributed by atoms with Crippen molar-refractivity contribution in [1.29, 1.82) is 0 Å². The number of fused-ring (bicyclic) bond motifs is 1. The van der Waals surface area contributed by atoms with Gasteiger partial charge in [0.2, 0.25) is 5.91 Å². The molecule has 1 aliphatic rings. The summed E-state index contributed by atoms with van der Waals surface area (Å²) in [6.45, 7) is 8.21.